The molecule has 0 bridgehead atoms. The number of halogens is 2. The number of ether oxygens (including phenoxy) is 2. The fraction of sp³-hybridized carbons (Fsp3) is 0.706. The third-order valence-corrected chi connectivity index (χ3v) is 6.84. The SMILES string of the molecule is C[C@H]1C(Cl)[C@]2(CCN1C(=O)OC(C)(C)C)OCC(O)c1cc(Cl)sc12. The summed E-state index contributed by atoms with van der Waals surface area (Å²) < 4.78 is 12.1. The summed E-state index contributed by atoms with van der Waals surface area (Å²) in [4.78, 5) is 15.0. The molecule has 3 rings (SSSR count). The van der Waals surface area contributed by atoms with Crippen molar-refractivity contribution < 1.29 is 19.4 Å². The van der Waals surface area contributed by atoms with Gasteiger partial charge >= 0.3 is 6.09 Å². The Labute approximate surface area is 161 Å². The van der Waals surface area contributed by atoms with Crippen LogP contribution >= 0.6 is 34.5 Å². The van der Waals surface area contributed by atoms with E-state index in [1.54, 1.807) is 11.0 Å². The first kappa shape index (κ1) is 19.2. The van der Waals surface area contributed by atoms with E-state index in [-0.39, 0.29) is 18.7 Å². The molecule has 2 unspecified atom stereocenters. The zero-order chi connectivity index (χ0) is 18.6. The van der Waals surface area contributed by atoms with Crippen LogP contribution in [0.4, 0.5) is 4.79 Å². The van der Waals surface area contributed by atoms with Crippen LogP contribution in [0.15, 0.2) is 6.07 Å². The number of aliphatic hydroxyl groups excluding tert-OH is 1. The lowest BCUT2D eigenvalue weighted by Gasteiger charge is -2.50. The molecule has 5 nitrogen and oxygen atoms in total. The van der Waals surface area contributed by atoms with Crippen LogP contribution in [0.2, 0.25) is 4.34 Å². The number of carbonyl (C=O) groups excluding carboxylic acids is 1. The van der Waals surface area contributed by atoms with Crippen LogP contribution in [0.5, 0.6) is 0 Å². The van der Waals surface area contributed by atoms with E-state index in [4.69, 9.17) is 32.7 Å². The molecule has 1 aromatic heterocycles. The lowest BCUT2D eigenvalue weighted by atomic mass is 9.81. The molecule has 0 radical (unpaired) electrons. The van der Waals surface area contributed by atoms with E-state index >= 15 is 0 Å². The maximum Gasteiger partial charge on any atom is 0.410 e. The molecule has 140 valence electrons. The molecule has 1 spiro atoms. The maximum atomic E-state index is 12.5. The number of amides is 1. The Morgan fingerprint density at radius 3 is 2.84 bits per heavy atom. The first-order valence-electron chi connectivity index (χ1n) is 8.30. The molecular weight excluding hydrogens is 385 g/mol. The molecule has 1 saturated heterocycles. The molecule has 2 aliphatic heterocycles. The number of fused-ring (bicyclic) bond motifs is 2. The van der Waals surface area contributed by atoms with Crippen molar-refractivity contribution in [2.24, 2.45) is 0 Å². The highest BCUT2D eigenvalue weighted by atomic mass is 35.5. The smallest absolute Gasteiger partial charge is 0.410 e. The Bertz CT molecular complexity index is 674. The topological polar surface area (TPSA) is 59.0 Å². The number of aliphatic hydroxyl groups is 1. The number of nitrogens with zero attached hydrogens (tertiary/aromatic N) is 1. The second-order valence-corrected chi connectivity index (χ2v) is 9.77. The lowest BCUT2D eigenvalue weighted by molar-refractivity contribution is -0.133. The van der Waals surface area contributed by atoms with Gasteiger partial charge in [-0.05, 0) is 33.8 Å². The average Bonchev–Trinajstić information content (AvgIpc) is 2.89. The Balaban J connectivity index is 1.88. The zero-order valence-corrected chi connectivity index (χ0v) is 17.0. The summed E-state index contributed by atoms with van der Waals surface area (Å²) in [5, 5.41) is 9.73. The van der Waals surface area contributed by atoms with E-state index in [1.165, 1.54) is 11.3 Å². The lowest BCUT2D eigenvalue weighted by Crippen LogP contribution is -2.60. The summed E-state index contributed by atoms with van der Waals surface area (Å²) in [5.41, 5.74) is -0.524. The summed E-state index contributed by atoms with van der Waals surface area (Å²) in [7, 11) is 0. The van der Waals surface area contributed by atoms with Crippen LogP contribution in [0.25, 0.3) is 0 Å². The van der Waals surface area contributed by atoms with Gasteiger partial charge in [-0.1, -0.05) is 11.6 Å². The predicted molar refractivity (Wildman–Crippen MR) is 98.6 cm³/mol. The Hall–Kier alpha value is -0.530. The van der Waals surface area contributed by atoms with Crippen molar-refractivity contribution in [2.75, 3.05) is 13.2 Å². The fourth-order valence-electron chi connectivity index (χ4n) is 3.48. The van der Waals surface area contributed by atoms with Crippen LogP contribution in [-0.4, -0.2) is 46.3 Å². The molecule has 0 saturated carbocycles. The van der Waals surface area contributed by atoms with Gasteiger partial charge in [-0.15, -0.1) is 22.9 Å². The van der Waals surface area contributed by atoms with Crippen molar-refractivity contribution in [3.8, 4) is 0 Å². The highest BCUT2D eigenvalue weighted by molar-refractivity contribution is 7.16. The number of piperidine rings is 1. The molecule has 0 aliphatic carbocycles. The average molecular weight is 408 g/mol. The number of carbonyl (C=O) groups is 1. The minimum atomic E-state index is -0.744. The van der Waals surface area contributed by atoms with E-state index in [9.17, 15) is 9.90 Å². The molecule has 25 heavy (non-hydrogen) atoms. The first-order valence-corrected chi connectivity index (χ1v) is 9.93. The minimum Gasteiger partial charge on any atom is -0.444 e. The third-order valence-electron chi connectivity index (χ3n) is 4.69. The summed E-state index contributed by atoms with van der Waals surface area (Å²) >= 11 is 14.4. The van der Waals surface area contributed by atoms with Crippen molar-refractivity contribution in [3.63, 3.8) is 0 Å². The van der Waals surface area contributed by atoms with Gasteiger partial charge in [0.2, 0.25) is 0 Å². The normalized spacial score (nSPS) is 32.6. The number of likely N-dealkylation sites (tertiary alicyclic amines) is 1. The zero-order valence-electron chi connectivity index (χ0n) is 14.7. The first-order chi connectivity index (χ1) is 11.5. The van der Waals surface area contributed by atoms with Gasteiger partial charge in [0.1, 0.15) is 17.3 Å². The molecular formula is C17H23Cl2NO4S. The van der Waals surface area contributed by atoms with Crippen molar-refractivity contribution >= 4 is 40.6 Å². The van der Waals surface area contributed by atoms with Gasteiger partial charge < -0.3 is 19.5 Å². The monoisotopic (exact) mass is 407 g/mol. The van der Waals surface area contributed by atoms with Crippen molar-refractivity contribution in [3.05, 3.63) is 20.8 Å². The molecule has 8 heteroatoms. The van der Waals surface area contributed by atoms with Crippen LogP contribution in [0, 0.1) is 0 Å². The number of rotatable bonds is 0. The number of hydrogen-bond acceptors (Lipinski definition) is 5. The van der Waals surface area contributed by atoms with Gasteiger partial charge in [-0.3, -0.25) is 0 Å². The Morgan fingerprint density at radius 1 is 1.52 bits per heavy atom. The Kier molecular flexibility index (Phi) is 5.06. The highest BCUT2D eigenvalue weighted by Crippen LogP contribution is 2.52. The van der Waals surface area contributed by atoms with E-state index in [1.807, 2.05) is 27.7 Å². The molecule has 3 heterocycles. The fourth-order valence-corrected chi connectivity index (χ4v) is 5.46. The molecule has 4 atom stereocenters. The van der Waals surface area contributed by atoms with Crippen molar-refractivity contribution in [1.82, 2.24) is 4.90 Å². The quantitative estimate of drug-likeness (QED) is 0.651. The van der Waals surface area contributed by atoms with Gasteiger partial charge in [0.25, 0.3) is 0 Å². The van der Waals surface area contributed by atoms with Crippen LogP contribution < -0.4 is 0 Å². The highest BCUT2D eigenvalue weighted by Gasteiger charge is 2.54. The van der Waals surface area contributed by atoms with Gasteiger partial charge in [0.05, 0.1) is 22.4 Å². The van der Waals surface area contributed by atoms with Gasteiger partial charge in [-0.25, -0.2) is 4.79 Å². The van der Waals surface area contributed by atoms with E-state index < -0.39 is 22.7 Å². The molecule has 1 fully saturated rings. The molecule has 2 aliphatic rings. The summed E-state index contributed by atoms with van der Waals surface area (Å²) in [6, 6.07) is 1.50. The summed E-state index contributed by atoms with van der Waals surface area (Å²) in [5.74, 6) is 0. The van der Waals surface area contributed by atoms with Crippen LogP contribution in [0.3, 0.4) is 0 Å². The van der Waals surface area contributed by atoms with Gasteiger partial charge in [0.15, 0.2) is 0 Å². The van der Waals surface area contributed by atoms with Crippen LogP contribution in [-0.2, 0) is 15.1 Å². The second-order valence-electron chi connectivity index (χ2n) is 7.62. The van der Waals surface area contributed by atoms with Crippen molar-refractivity contribution in [1.29, 1.82) is 0 Å². The third kappa shape index (κ3) is 3.39. The molecule has 1 amide bonds. The van der Waals surface area contributed by atoms with Crippen LogP contribution in [0.1, 0.15) is 50.7 Å². The Morgan fingerprint density at radius 2 is 2.20 bits per heavy atom. The maximum absolute atomic E-state index is 12.5. The standard InChI is InChI=1S/C17H23Cl2NO4S/c1-9-13(19)17(5-6-20(9)15(22)24-16(2,3)4)14-10(7-12(18)25-14)11(21)8-23-17/h7,9,11,13,21H,5-6,8H2,1-4H3/t9-,11?,13?,17-/m0/s1. The van der Waals surface area contributed by atoms with E-state index in [0.717, 1.165) is 10.4 Å². The predicted octanol–water partition coefficient (Wildman–Crippen LogP) is 4.30. The largest absolute Gasteiger partial charge is 0.444 e. The van der Waals surface area contributed by atoms with Crippen molar-refractivity contribution in [2.45, 2.75) is 62.8 Å². The van der Waals surface area contributed by atoms with Gasteiger partial charge in [0, 0.05) is 23.4 Å². The summed E-state index contributed by atoms with van der Waals surface area (Å²) in [6.45, 7) is 8.04. The molecule has 0 aromatic carbocycles. The number of thiophene rings is 1. The summed E-state index contributed by atoms with van der Waals surface area (Å²) in [6.07, 6.45) is -0.547. The van der Waals surface area contributed by atoms with E-state index in [0.29, 0.717) is 17.3 Å². The molecule has 1 N–H and O–H groups in total. The number of alkyl halides is 1. The molecule has 1 aromatic rings. The van der Waals surface area contributed by atoms with Gasteiger partial charge in [-0.2, -0.15) is 0 Å². The van der Waals surface area contributed by atoms with E-state index in [2.05, 4.69) is 0 Å². The number of hydrogen-bond donors (Lipinski definition) is 1. The minimum absolute atomic E-state index is 0.169. The second kappa shape index (κ2) is 6.57.